The molecule has 0 saturated carbocycles. The van der Waals surface area contributed by atoms with Gasteiger partial charge in [-0.3, -0.25) is 4.52 Å². The smallest absolute Gasteiger partial charge is 0.303 e. The zero-order valence-electron chi connectivity index (χ0n) is 11.3. The van der Waals surface area contributed by atoms with Crippen LogP contribution in [0.4, 0.5) is 0 Å². The van der Waals surface area contributed by atoms with Gasteiger partial charge in [0.1, 0.15) is 0 Å². The Morgan fingerprint density at radius 2 is 1.53 bits per heavy atom. The zero-order chi connectivity index (χ0) is 13.4. The molecule has 5 heteroatoms. The minimum Gasteiger partial charge on any atom is -0.303 e. The first-order valence-electron chi connectivity index (χ1n) is 6.65. The molecule has 0 radical (unpaired) electrons. The summed E-state index contributed by atoms with van der Waals surface area (Å²) in [4.78, 5) is 18.1. The zero-order valence-corrected chi connectivity index (χ0v) is 12.2. The lowest BCUT2D eigenvalue weighted by Gasteiger charge is -2.33. The van der Waals surface area contributed by atoms with Crippen molar-refractivity contribution >= 4 is 7.82 Å². The standard InChI is InChI=1S/C12H27O4P/c1-4-7-9-11-12(6-3,10-8-5-2)16-17(13,14)15/h4-11H2,1-3H3,(H2,13,14,15). The molecule has 0 aliphatic heterocycles. The normalized spacial score (nSPS) is 15.8. The summed E-state index contributed by atoms with van der Waals surface area (Å²) >= 11 is 0. The lowest BCUT2D eigenvalue weighted by Crippen LogP contribution is -2.31. The van der Waals surface area contributed by atoms with E-state index in [0.29, 0.717) is 6.42 Å². The Bertz CT molecular complexity index is 239. The van der Waals surface area contributed by atoms with Crippen molar-refractivity contribution in [3.8, 4) is 0 Å². The largest absolute Gasteiger partial charge is 0.470 e. The van der Waals surface area contributed by atoms with Gasteiger partial charge in [-0.2, -0.15) is 0 Å². The first kappa shape index (κ1) is 17.1. The number of rotatable bonds is 10. The first-order valence-corrected chi connectivity index (χ1v) is 8.18. The van der Waals surface area contributed by atoms with Crippen molar-refractivity contribution in [3.05, 3.63) is 0 Å². The minimum absolute atomic E-state index is 0.635. The second kappa shape index (κ2) is 8.25. The highest BCUT2D eigenvalue weighted by molar-refractivity contribution is 7.46. The Hall–Kier alpha value is 0.110. The van der Waals surface area contributed by atoms with Gasteiger partial charge in [0.2, 0.25) is 0 Å². The van der Waals surface area contributed by atoms with Crippen molar-refractivity contribution < 1.29 is 18.9 Å². The van der Waals surface area contributed by atoms with E-state index in [4.69, 9.17) is 14.3 Å². The van der Waals surface area contributed by atoms with Gasteiger partial charge in [-0.1, -0.05) is 52.9 Å². The quantitative estimate of drug-likeness (QED) is 0.463. The summed E-state index contributed by atoms with van der Waals surface area (Å²) in [6.07, 6.45) is 7.23. The molecule has 0 aromatic rings. The number of hydrogen-bond donors (Lipinski definition) is 2. The van der Waals surface area contributed by atoms with Crippen LogP contribution in [0.3, 0.4) is 0 Å². The summed E-state index contributed by atoms with van der Waals surface area (Å²) in [7, 11) is -4.39. The molecule has 1 atom stereocenters. The predicted molar refractivity (Wildman–Crippen MR) is 69.8 cm³/mol. The van der Waals surface area contributed by atoms with Crippen LogP contribution >= 0.6 is 7.82 Å². The van der Waals surface area contributed by atoms with E-state index in [1.54, 1.807) is 0 Å². The number of phosphoric ester groups is 1. The van der Waals surface area contributed by atoms with Crippen molar-refractivity contribution in [1.29, 1.82) is 0 Å². The van der Waals surface area contributed by atoms with Gasteiger partial charge in [0, 0.05) is 0 Å². The van der Waals surface area contributed by atoms with Crippen molar-refractivity contribution in [2.45, 2.75) is 77.7 Å². The molecule has 0 heterocycles. The molecule has 0 aliphatic carbocycles. The van der Waals surface area contributed by atoms with Gasteiger partial charge in [-0.15, -0.1) is 0 Å². The van der Waals surface area contributed by atoms with Crippen LogP contribution < -0.4 is 0 Å². The number of unbranched alkanes of at least 4 members (excludes halogenated alkanes) is 3. The summed E-state index contributed by atoms with van der Waals surface area (Å²) in [5.41, 5.74) is -0.635. The first-order chi connectivity index (χ1) is 7.89. The summed E-state index contributed by atoms with van der Waals surface area (Å²) < 4.78 is 16.2. The highest BCUT2D eigenvalue weighted by atomic mass is 31.2. The summed E-state index contributed by atoms with van der Waals surface area (Å²) in [5, 5.41) is 0. The van der Waals surface area contributed by atoms with E-state index in [-0.39, 0.29) is 0 Å². The number of hydrogen-bond acceptors (Lipinski definition) is 2. The van der Waals surface area contributed by atoms with Crippen molar-refractivity contribution in [3.63, 3.8) is 0 Å². The van der Waals surface area contributed by atoms with Gasteiger partial charge in [-0.25, -0.2) is 4.57 Å². The van der Waals surface area contributed by atoms with Crippen LogP contribution in [-0.2, 0) is 9.09 Å². The molecule has 0 amide bonds. The fourth-order valence-corrected chi connectivity index (χ4v) is 2.90. The van der Waals surface area contributed by atoms with Crippen LogP contribution in [0.1, 0.15) is 72.1 Å². The van der Waals surface area contributed by atoms with Crippen LogP contribution in [0.25, 0.3) is 0 Å². The van der Waals surface area contributed by atoms with E-state index in [1.807, 2.05) is 6.92 Å². The van der Waals surface area contributed by atoms with Gasteiger partial charge >= 0.3 is 7.82 Å². The fourth-order valence-electron chi connectivity index (χ4n) is 2.08. The van der Waals surface area contributed by atoms with Gasteiger partial charge in [0.25, 0.3) is 0 Å². The van der Waals surface area contributed by atoms with Gasteiger partial charge < -0.3 is 9.79 Å². The Kier molecular flexibility index (Phi) is 8.31. The third-order valence-corrected chi connectivity index (χ3v) is 3.80. The second-order valence-corrected chi connectivity index (χ2v) is 5.84. The van der Waals surface area contributed by atoms with E-state index >= 15 is 0 Å². The van der Waals surface area contributed by atoms with Crippen LogP contribution in [0.2, 0.25) is 0 Å². The fraction of sp³-hybridized carbons (Fsp3) is 1.00. The Morgan fingerprint density at radius 3 is 1.94 bits per heavy atom. The average molecular weight is 266 g/mol. The molecule has 104 valence electrons. The highest BCUT2D eigenvalue weighted by Gasteiger charge is 2.35. The molecule has 0 rings (SSSR count). The molecule has 0 spiro atoms. The van der Waals surface area contributed by atoms with E-state index in [9.17, 15) is 4.57 Å². The molecule has 0 saturated heterocycles. The molecule has 0 aromatic carbocycles. The third-order valence-electron chi connectivity index (χ3n) is 3.18. The maximum absolute atomic E-state index is 11.1. The van der Waals surface area contributed by atoms with E-state index in [2.05, 4.69) is 13.8 Å². The van der Waals surface area contributed by atoms with Gasteiger partial charge in [0.05, 0.1) is 5.60 Å². The minimum atomic E-state index is -4.39. The third kappa shape index (κ3) is 7.93. The van der Waals surface area contributed by atoms with Crippen molar-refractivity contribution in [2.24, 2.45) is 0 Å². The van der Waals surface area contributed by atoms with Gasteiger partial charge in [0.15, 0.2) is 0 Å². The van der Waals surface area contributed by atoms with E-state index < -0.39 is 13.4 Å². The molecule has 17 heavy (non-hydrogen) atoms. The summed E-state index contributed by atoms with van der Waals surface area (Å²) in [6, 6.07) is 0. The van der Waals surface area contributed by atoms with E-state index in [0.717, 1.165) is 44.9 Å². The predicted octanol–water partition coefficient (Wildman–Crippen LogP) is 4.02. The molecule has 0 bridgehead atoms. The van der Waals surface area contributed by atoms with Crippen LogP contribution in [0, 0.1) is 0 Å². The summed E-state index contributed by atoms with van der Waals surface area (Å²) in [6.45, 7) is 6.13. The molecule has 4 nitrogen and oxygen atoms in total. The molecule has 0 fully saturated rings. The lowest BCUT2D eigenvalue weighted by molar-refractivity contribution is 0.0117. The number of phosphoric acid groups is 1. The molecule has 0 aromatic heterocycles. The monoisotopic (exact) mass is 266 g/mol. The summed E-state index contributed by atoms with van der Waals surface area (Å²) in [5.74, 6) is 0. The SMILES string of the molecule is CCCCCC(CC)(CCCC)OP(=O)(O)O. The Labute approximate surface area is 105 Å². The maximum Gasteiger partial charge on any atom is 0.470 e. The van der Waals surface area contributed by atoms with Crippen LogP contribution in [-0.4, -0.2) is 15.4 Å². The van der Waals surface area contributed by atoms with E-state index in [1.165, 1.54) is 0 Å². The molecular weight excluding hydrogens is 239 g/mol. The topological polar surface area (TPSA) is 66.8 Å². The molecule has 2 N–H and O–H groups in total. The van der Waals surface area contributed by atoms with Crippen molar-refractivity contribution in [2.75, 3.05) is 0 Å². The molecule has 0 aliphatic rings. The second-order valence-electron chi connectivity index (χ2n) is 4.68. The Balaban J connectivity index is 4.55. The van der Waals surface area contributed by atoms with Crippen LogP contribution in [0.15, 0.2) is 0 Å². The highest BCUT2D eigenvalue weighted by Crippen LogP contribution is 2.46. The van der Waals surface area contributed by atoms with Gasteiger partial charge in [-0.05, 0) is 19.3 Å². The molecule has 1 unspecified atom stereocenters. The molecular formula is C12H27O4P. The van der Waals surface area contributed by atoms with Crippen LogP contribution in [0.5, 0.6) is 0 Å². The maximum atomic E-state index is 11.1. The van der Waals surface area contributed by atoms with Crippen molar-refractivity contribution in [1.82, 2.24) is 0 Å². The lowest BCUT2D eigenvalue weighted by atomic mass is 9.88. The Morgan fingerprint density at radius 1 is 1.00 bits per heavy atom. The average Bonchev–Trinajstić information content (AvgIpc) is 2.24.